The Morgan fingerprint density at radius 3 is 2.09 bits per heavy atom. The number of amides is 1. The number of carbonyl (C=O) groups is 3. The van der Waals surface area contributed by atoms with Crippen molar-refractivity contribution in [2.24, 2.45) is 0 Å². The van der Waals surface area contributed by atoms with E-state index in [1.165, 1.54) is 6.07 Å². The van der Waals surface area contributed by atoms with Crippen LogP contribution in [0.2, 0.25) is 0 Å². The van der Waals surface area contributed by atoms with Crippen molar-refractivity contribution < 1.29 is 19.1 Å². The van der Waals surface area contributed by atoms with Gasteiger partial charge in [0.2, 0.25) is 0 Å². The van der Waals surface area contributed by atoms with E-state index in [2.05, 4.69) is 10.1 Å². The van der Waals surface area contributed by atoms with Gasteiger partial charge in [-0.2, -0.15) is 0 Å². The minimum Gasteiger partial charge on any atom is -0.386 e. The lowest BCUT2D eigenvalue weighted by molar-refractivity contribution is 0.0443. The van der Waals surface area contributed by atoms with Gasteiger partial charge in [0.05, 0.1) is 16.7 Å². The number of hydrogen-bond donors (Lipinski definition) is 2. The number of cyclic esters (lactones) is 2. The molecular formula is C16H8N2O4. The summed E-state index contributed by atoms with van der Waals surface area (Å²) in [5, 5.41) is 10.1. The first kappa shape index (κ1) is 12.5. The summed E-state index contributed by atoms with van der Waals surface area (Å²) in [5.74, 6) is -1.55. The predicted molar refractivity (Wildman–Crippen MR) is 75.9 cm³/mol. The van der Waals surface area contributed by atoms with Gasteiger partial charge in [-0.25, -0.2) is 9.59 Å². The van der Waals surface area contributed by atoms with Crippen LogP contribution in [0.1, 0.15) is 36.6 Å². The molecule has 0 spiro atoms. The third-order valence-corrected chi connectivity index (χ3v) is 3.75. The smallest absolute Gasteiger partial charge is 0.346 e. The number of ether oxygens (including phenoxy) is 1. The fourth-order valence-electron chi connectivity index (χ4n) is 2.64. The Hall–Kier alpha value is -3.28. The lowest BCUT2D eigenvalue weighted by Crippen LogP contribution is -2.19. The van der Waals surface area contributed by atoms with Gasteiger partial charge in [0.15, 0.2) is 0 Å². The Morgan fingerprint density at radius 2 is 1.36 bits per heavy atom. The highest BCUT2D eigenvalue weighted by Crippen LogP contribution is 2.29. The summed E-state index contributed by atoms with van der Waals surface area (Å²) < 4.78 is 4.56. The maximum atomic E-state index is 11.8. The summed E-state index contributed by atoms with van der Waals surface area (Å²) in [4.78, 5) is 34.8. The van der Waals surface area contributed by atoms with Gasteiger partial charge in [-0.15, -0.1) is 0 Å². The summed E-state index contributed by atoms with van der Waals surface area (Å²) in [6, 6.07) is 9.91. The minimum absolute atomic E-state index is 0.0784. The van der Waals surface area contributed by atoms with Gasteiger partial charge in [-0.3, -0.25) is 10.2 Å². The van der Waals surface area contributed by atoms with E-state index in [1.807, 2.05) is 0 Å². The molecule has 2 heterocycles. The number of hydrogen-bond acceptors (Lipinski definition) is 5. The molecule has 4 rings (SSSR count). The van der Waals surface area contributed by atoms with Gasteiger partial charge in [0, 0.05) is 5.56 Å². The molecule has 0 radical (unpaired) electrons. The van der Waals surface area contributed by atoms with Crippen molar-refractivity contribution in [1.29, 1.82) is 5.41 Å². The molecule has 2 aliphatic heterocycles. The van der Waals surface area contributed by atoms with Crippen molar-refractivity contribution in [3.05, 3.63) is 58.7 Å². The number of rotatable bonds is 1. The lowest BCUT2D eigenvalue weighted by atomic mass is 9.97. The monoisotopic (exact) mass is 292 g/mol. The second-order valence-corrected chi connectivity index (χ2v) is 5.03. The summed E-state index contributed by atoms with van der Waals surface area (Å²) >= 11 is 0. The van der Waals surface area contributed by atoms with E-state index in [0.717, 1.165) is 5.56 Å². The average molecular weight is 292 g/mol. The van der Waals surface area contributed by atoms with Crippen molar-refractivity contribution in [1.82, 2.24) is 5.32 Å². The second-order valence-electron chi connectivity index (χ2n) is 5.03. The minimum atomic E-state index is -0.664. The van der Waals surface area contributed by atoms with E-state index in [0.29, 0.717) is 16.7 Å². The third kappa shape index (κ3) is 1.61. The van der Waals surface area contributed by atoms with Crippen LogP contribution in [0.15, 0.2) is 36.4 Å². The van der Waals surface area contributed by atoms with Crippen LogP contribution in [0.25, 0.3) is 11.1 Å². The van der Waals surface area contributed by atoms with E-state index in [-0.39, 0.29) is 22.9 Å². The van der Waals surface area contributed by atoms with Crippen molar-refractivity contribution in [2.75, 3.05) is 0 Å². The normalized spacial score (nSPS) is 15.5. The van der Waals surface area contributed by atoms with Crippen LogP contribution in [-0.4, -0.2) is 23.7 Å². The van der Waals surface area contributed by atoms with E-state index < -0.39 is 11.9 Å². The van der Waals surface area contributed by atoms with Crippen LogP contribution in [-0.2, 0) is 4.74 Å². The highest BCUT2D eigenvalue weighted by atomic mass is 16.6. The topological polar surface area (TPSA) is 96.3 Å². The molecule has 0 bridgehead atoms. The first-order chi connectivity index (χ1) is 10.5. The molecule has 1 amide bonds. The van der Waals surface area contributed by atoms with E-state index in [9.17, 15) is 14.4 Å². The zero-order valence-electron chi connectivity index (χ0n) is 11.1. The third-order valence-electron chi connectivity index (χ3n) is 3.75. The molecule has 0 aromatic heterocycles. The molecule has 0 unspecified atom stereocenters. The molecule has 106 valence electrons. The molecule has 2 aliphatic rings. The molecule has 0 atom stereocenters. The number of carbonyl (C=O) groups excluding carboxylic acids is 3. The van der Waals surface area contributed by atoms with Crippen LogP contribution >= 0.6 is 0 Å². The fourth-order valence-corrected chi connectivity index (χ4v) is 2.64. The first-order valence-electron chi connectivity index (χ1n) is 6.50. The molecule has 0 saturated carbocycles. The Labute approximate surface area is 124 Å². The zero-order valence-corrected chi connectivity index (χ0v) is 11.1. The largest absolute Gasteiger partial charge is 0.386 e. The van der Waals surface area contributed by atoms with Crippen LogP contribution < -0.4 is 5.32 Å². The zero-order chi connectivity index (χ0) is 15.4. The number of fused-ring (bicyclic) bond motifs is 2. The highest BCUT2D eigenvalue weighted by Gasteiger charge is 2.30. The standard InChI is InChI=1S/C16H8N2O4/c17-13-9-3-1-7(5-11(9)14(19)18-13)8-2-4-10-12(6-8)16(21)22-15(10)20/h1-6H,(H2,17,18,19). The molecule has 22 heavy (non-hydrogen) atoms. The van der Waals surface area contributed by atoms with Crippen molar-refractivity contribution >= 4 is 23.7 Å². The van der Waals surface area contributed by atoms with E-state index in [4.69, 9.17) is 5.41 Å². The second kappa shape index (κ2) is 4.11. The SMILES string of the molecule is N=C1NC(=O)c2cc(-c3ccc4c(c3)C(=O)OC4=O)ccc21. The molecular weight excluding hydrogens is 284 g/mol. The molecule has 0 fully saturated rings. The first-order valence-corrected chi connectivity index (χ1v) is 6.50. The van der Waals surface area contributed by atoms with Crippen LogP contribution in [0.3, 0.4) is 0 Å². The van der Waals surface area contributed by atoms with Crippen molar-refractivity contribution in [2.45, 2.75) is 0 Å². The van der Waals surface area contributed by atoms with Crippen LogP contribution in [0, 0.1) is 5.41 Å². The molecule has 6 heteroatoms. The molecule has 2 aromatic carbocycles. The highest BCUT2D eigenvalue weighted by molar-refractivity contribution is 6.22. The average Bonchev–Trinajstić information content (AvgIpc) is 2.96. The van der Waals surface area contributed by atoms with Gasteiger partial charge < -0.3 is 10.1 Å². The number of nitrogens with one attached hydrogen (secondary N) is 2. The molecule has 0 saturated heterocycles. The number of benzene rings is 2. The van der Waals surface area contributed by atoms with Gasteiger partial charge in [0.1, 0.15) is 5.84 Å². The molecule has 6 nitrogen and oxygen atoms in total. The van der Waals surface area contributed by atoms with Crippen LogP contribution in [0.4, 0.5) is 0 Å². The predicted octanol–water partition coefficient (Wildman–Crippen LogP) is 1.73. The maximum absolute atomic E-state index is 11.8. The summed E-state index contributed by atoms with van der Waals surface area (Å²) in [6.45, 7) is 0. The Bertz CT molecular complexity index is 839. The lowest BCUT2D eigenvalue weighted by Gasteiger charge is -2.04. The molecule has 2 aromatic rings. The van der Waals surface area contributed by atoms with Gasteiger partial charge >= 0.3 is 11.9 Å². The maximum Gasteiger partial charge on any atom is 0.346 e. The van der Waals surface area contributed by atoms with Gasteiger partial charge in [-0.1, -0.05) is 12.1 Å². The van der Waals surface area contributed by atoms with Gasteiger partial charge in [0.25, 0.3) is 5.91 Å². The molecule has 0 aliphatic carbocycles. The van der Waals surface area contributed by atoms with E-state index in [1.54, 1.807) is 30.3 Å². The summed E-state index contributed by atoms with van der Waals surface area (Å²) in [5.41, 5.74) is 2.85. The quantitative estimate of drug-likeness (QED) is 0.618. The number of amidine groups is 1. The van der Waals surface area contributed by atoms with Crippen LogP contribution in [0.5, 0.6) is 0 Å². The molecule has 2 N–H and O–H groups in total. The van der Waals surface area contributed by atoms with E-state index >= 15 is 0 Å². The Balaban J connectivity index is 1.84. The fraction of sp³-hybridized carbons (Fsp3) is 0. The Kier molecular flexibility index (Phi) is 2.33. The van der Waals surface area contributed by atoms with Gasteiger partial charge in [-0.05, 0) is 35.4 Å². The summed E-state index contributed by atoms with van der Waals surface area (Å²) in [6.07, 6.45) is 0. The summed E-state index contributed by atoms with van der Waals surface area (Å²) in [7, 11) is 0. The Morgan fingerprint density at radius 1 is 0.773 bits per heavy atom. The van der Waals surface area contributed by atoms with Crippen molar-refractivity contribution in [3.63, 3.8) is 0 Å². The number of esters is 2. The van der Waals surface area contributed by atoms with Crippen molar-refractivity contribution in [3.8, 4) is 11.1 Å².